The summed E-state index contributed by atoms with van der Waals surface area (Å²) in [6.07, 6.45) is 2.84. The SMILES string of the molecule is O=C(O)CSCCNC(=O)[C@H]1CCCC[C@H]1NC(=O)OCC1c2ccccc2-c2ccccc21. The van der Waals surface area contributed by atoms with Crippen LogP contribution in [0.1, 0.15) is 42.7 Å². The quantitative estimate of drug-likeness (QED) is 0.467. The van der Waals surface area contributed by atoms with Gasteiger partial charge in [0, 0.05) is 24.3 Å². The smallest absolute Gasteiger partial charge is 0.407 e. The molecule has 0 heterocycles. The first-order valence-corrected chi connectivity index (χ1v) is 12.9. The first kappa shape index (κ1) is 24.1. The first-order valence-electron chi connectivity index (χ1n) is 11.7. The van der Waals surface area contributed by atoms with Crippen LogP contribution in [0.15, 0.2) is 48.5 Å². The number of hydrogen-bond acceptors (Lipinski definition) is 5. The molecule has 2 atom stereocenters. The number of amides is 2. The summed E-state index contributed by atoms with van der Waals surface area (Å²) in [5.74, 6) is -0.721. The number of fused-ring (bicyclic) bond motifs is 3. The van der Waals surface area contributed by atoms with E-state index in [4.69, 9.17) is 9.84 Å². The molecule has 8 heteroatoms. The minimum Gasteiger partial charge on any atom is -0.481 e. The van der Waals surface area contributed by atoms with Gasteiger partial charge in [-0.1, -0.05) is 61.4 Å². The Labute approximate surface area is 203 Å². The number of carbonyl (C=O) groups is 3. The van der Waals surface area contributed by atoms with Gasteiger partial charge in [0.2, 0.25) is 5.91 Å². The summed E-state index contributed by atoms with van der Waals surface area (Å²) in [5, 5.41) is 14.5. The van der Waals surface area contributed by atoms with Crippen LogP contribution in [0.2, 0.25) is 0 Å². The minimum atomic E-state index is -0.865. The van der Waals surface area contributed by atoms with Crippen molar-refractivity contribution >= 4 is 29.7 Å². The van der Waals surface area contributed by atoms with Crippen LogP contribution in [0.3, 0.4) is 0 Å². The van der Waals surface area contributed by atoms with E-state index in [-0.39, 0.29) is 36.1 Å². The normalized spacial score (nSPS) is 19.1. The number of aliphatic carboxylic acids is 1. The van der Waals surface area contributed by atoms with E-state index in [0.29, 0.717) is 18.7 Å². The first-order chi connectivity index (χ1) is 16.5. The Bertz CT molecular complexity index is 998. The lowest BCUT2D eigenvalue weighted by Crippen LogP contribution is -2.49. The number of alkyl carbamates (subject to hydrolysis) is 1. The maximum Gasteiger partial charge on any atom is 0.407 e. The third-order valence-corrected chi connectivity index (χ3v) is 7.46. The molecule has 1 saturated carbocycles. The third-order valence-electron chi connectivity index (χ3n) is 6.52. The maximum absolute atomic E-state index is 12.7. The summed E-state index contributed by atoms with van der Waals surface area (Å²) in [5.41, 5.74) is 4.68. The molecule has 2 aliphatic rings. The number of hydrogen-bond donors (Lipinski definition) is 3. The number of carboxylic acids is 1. The van der Waals surface area contributed by atoms with E-state index < -0.39 is 12.1 Å². The second-order valence-corrected chi connectivity index (χ2v) is 9.81. The zero-order valence-electron chi connectivity index (χ0n) is 19.0. The number of nitrogens with one attached hydrogen (secondary N) is 2. The van der Waals surface area contributed by atoms with Crippen LogP contribution in [0.25, 0.3) is 11.1 Å². The number of benzene rings is 2. The van der Waals surface area contributed by atoms with Gasteiger partial charge >= 0.3 is 12.1 Å². The van der Waals surface area contributed by atoms with Crippen LogP contribution in [0, 0.1) is 5.92 Å². The molecule has 2 aromatic rings. The summed E-state index contributed by atoms with van der Waals surface area (Å²) < 4.78 is 5.67. The summed E-state index contributed by atoms with van der Waals surface area (Å²) in [6, 6.07) is 16.1. The van der Waals surface area contributed by atoms with Crippen molar-refractivity contribution in [2.24, 2.45) is 5.92 Å². The number of thioether (sulfide) groups is 1. The minimum absolute atomic E-state index is 0.00750. The molecule has 4 rings (SSSR count). The highest BCUT2D eigenvalue weighted by Crippen LogP contribution is 2.44. The lowest BCUT2D eigenvalue weighted by molar-refractivity contribution is -0.134. The number of carbonyl (C=O) groups excluding carboxylic acids is 2. The molecule has 7 nitrogen and oxygen atoms in total. The van der Waals surface area contributed by atoms with Gasteiger partial charge in [-0.25, -0.2) is 4.79 Å². The third kappa shape index (κ3) is 5.73. The average molecular weight is 483 g/mol. The van der Waals surface area contributed by atoms with Gasteiger partial charge < -0.3 is 20.5 Å². The molecule has 34 heavy (non-hydrogen) atoms. The second kappa shape index (κ2) is 11.4. The fourth-order valence-electron chi connectivity index (χ4n) is 4.95. The molecular weight excluding hydrogens is 452 g/mol. The van der Waals surface area contributed by atoms with Gasteiger partial charge in [0.05, 0.1) is 11.7 Å². The molecule has 0 aromatic heterocycles. The van der Waals surface area contributed by atoms with Crippen LogP contribution >= 0.6 is 11.8 Å². The molecular formula is C26H30N2O5S. The van der Waals surface area contributed by atoms with Crippen LogP contribution in [-0.4, -0.2) is 53.8 Å². The fourth-order valence-corrected chi connectivity index (χ4v) is 5.51. The highest BCUT2D eigenvalue weighted by molar-refractivity contribution is 7.99. The molecule has 1 fully saturated rings. The lowest BCUT2D eigenvalue weighted by atomic mass is 9.84. The van der Waals surface area contributed by atoms with E-state index >= 15 is 0 Å². The standard InChI is InChI=1S/C26H30N2O5S/c29-24(30)16-34-14-13-27-25(31)21-11-5-6-12-23(21)28-26(32)33-15-22-19-9-3-1-7-17(19)18-8-2-4-10-20(18)22/h1-4,7-10,21-23H,5-6,11-16H2,(H,27,31)(H,28,32)(H,29,30)/t21-,23+/m0/s1. The molecule has 0 aliphatic heterocycles. The molecule has 2 aromatic carbocycles. The average Bonchev–Trinajstić information content (AvgIpc) is 3.16. The van der Waals surface area contributed by atoms with E-state index in [0.717, 1.165) is 30.4 Å². The maximum atomic E-state index is 12.7. The number of rotatable bonds is 9. The molecule has 180 valence electrons. The van der Waals surface area contributed by atoms with Crippen LogP contribution in [0.4, 0.5) is 4.79 Å². The van der Waals surface area contributed by atoms with Gasteiger partial charge in [-0.3, -0.25) is 9.59 Å². The molecule has 0 unspecified atom stereocenters. The molecule has 0 radical (unpaired) electrons. The summed E-state index contributed by atoms with van der Waals surface area (Å²) in [4.78, 5) is 36.0. The van der Waals surface area contributed by atoms with Crippen molar-refractivity contribution in [3.63, 3.8) is 0 Å². The van der Waals surface area contributed by atoms with Crippen LogP contribution < -0.4 is 10.6 Å². The van der Waals surface area contributed by atoms with Crippen LogP contribution in [0.5, 0.6) is 0 Å². The molecule has 2 aliphatic carbocycles. The van der Waals surface area contributed by atoms with Crippen molar-refractivity contribution in [1.29, 1.82) is 0 Å². The Balaban J connectivity index is 1.30. The Kier molecular flexibility index (Phi) is 8.11. The van der Waals surface area contributed by atoms with E-state index in [2.05, 4.69) is 34.9 Å². The lowest BCUT2D eigenvalue weighted by Gasteiger charge is -2.31. The summed E-state index contributed by atoms with van der Waals surface area (Å²) in [6.45, 7) is 0.648. The molecule has 0 spiro atoms. The topological polar surface area (TPSA) is 105 Å². The Morgan fingerprint density at radius 1 is 0.971 bits per heavy atom. The predicted molar refractivity (Wildman–Crippen MR) is 132 cm³/mol. The molecule has 3 N–H and O–H groups in total. The van der Waals surface area contributed by atoms with Crippen LogP contribution in [-0.2, 0) is 14.3 Å². The highest BCUT2D eigenvalue weighted by atomic mass is 32.2. The van der Waals surface area contributed by atoms with Crippen molar-refractivity contribution in [2.45, 2.75) is 37.6 Å². The fraction of sp³-hybridized carbons (Fsp3) is 0.423. The second-order valence-electron chi connectivity index (χ2n) is 8.70. The summed E-state index contributed by atoms with van der Waals surface area (Å²) >= 11 is 1.27. The van der Waals surface area contributed by atoms with Gasteiger partial charge in [-0.15, -0.1) is 11.8 Å². The van der Waals surface area contributed by atoms with E-state index in [9.17, 15) is 14.4 Å². The Morgan fingerprint density at radius 3 is 2.29 bits per heavy atom. The monoisotopic (exact) mass is 482 g/mol. The van der Waals surface area contributed by atoms with Crippen molar-refractivity contribution in [3.05, 3.63) is 59.7 Å². The van der Waals surface area contributed by atoms with Gasteiger partial charge in [0.1, 0.15) is 6.61 Å². The zero-order valence-corrected chi connectivity index (χ0v) is 19.8. The van der Waals surface area contributed by atoms with Gasteiger partial charge in [0.25, 0.3) is 0 Å². The van der Waals surface area contributed by atoms with E-state index in [1.165, 1.54) is 22.9 Å². The van der Waals surface area contributed by atoms with Crippen molar-refractivity contribution in [1.82, 2.24) is 10.6 Å². The summed E-state index contributed by atoms with van der Waals surface area (Å²) in [7, 11) is 0. The van der Waals surface area contributed by atoms with Gasteiger partial charge in [0.15, 0.2) is 0 Å². The Morgan fingerprint density at radius 2 is 1.62 bits per heavy atom. The van der Waals surface area contributed by atoms with Gasteiger partial charge in [-0.2, -0.15) is 0 Å². The predicted octanol–water partition coefficient (Wildman–Crippen LogP) is 4.02. The number of carboxylic acid groups (broad SMARTS) is 1. The number of ether oxygens (including phenoxy) is 1. The van der Waals surface area contributed by atoms with E-state index in [1.807, 2.05) is 24.3 Å². The molecule has 0 saturated heterocycles. The van der Waals surface area contributed by atoms with E-state index in [1.54, 1.807) is 0 Å². The highest BCUT2D eigenvalue weighted by Gasteiger charge is 2.33. The van der Waals surface area contributed by atoms with Crippen molar-refractivity contribution in [2.75, 3.05) is 24.7 Å². The van der Waals surface area contributed by atoms with Crippen molar-refractivity contribution in [3.8, 4) is 11.1 Å². The Hall–Kier alpha value is -3.00. The van der Waals surface area contributed by atoms with Gasteiger partial charge in [-0.05, 0) is 35.1 Å². The zero-order chi connectivity index (χ0) is 23.9. The molecule has 2 amide bonds. The molecule has 0 bridgehead atoms. The largest absolute Gasteiger partial charge is 0.481 e. The van der Waals surface area contributed by atoms with Crippen molar-refractivity contribution < 1.29 is 24.2 Å².